The van der Waals surface area contributed by atoms with Crippen LogP contribution in [0, 0.1) is 6.92 Å². The lowest BCUT2D eigenvalue weighted by molar-refractivity contribution is 0.0995. The van der Waals surface area contributed by atoms with Gasteiger partial charge in [0.25, 0.3) is 0 Å². The van der Waals surface area contributed by atoms with Gasteiger partial charge in [-0.25, -0.2) is 9.97 Å². The summed E-state index contributed by atoms with van der Waals surface area (Å²) in [6.45, 7) is 4.10. The molecule has 1 aliphatic heterocycles. The van der Waals surface area contributed by atoms with Gasteiger partial charge in [-0.1, -0.05) is 0 Å². The highest BCUT2D eigenvalue weighted by atomic mass is 32.1. The third-order valence-electron chi connectivity index (χ3n) is 5.83. The van der Waals surface area contributed by atoms with Crippen LogP contribution >= 0.6 is 11.3 Å². The minimum atomic E-state index is 0.0352. The minimum Gasteiger partial charge on any atom is -0.306 e. The van der Waals surface area contributed by atoms with E-state index < -0.39 is 0 Å². The molecule has 0 unspecified atom stereocenters. The molecule has 0 aromatic carbocycles. The molecule has 0 saturated carbocycles. The van der Waals surface area contributed by atoms with Crippen molar-refractivity contribution in [1.29, 1.82) is 0 Å². The van der Waals surface area contributed by atoms with E-state index in [1.807, 2.05) is 31.3 Å². The quantitative estimate of drug-likeness (QED) is 0.445. The molecular weight excluding hydrogens is 408 g/mol. The molecule has 5 heterocycles. The number of fused-ring (bicyclic) bond motifs is 1. The van der Waals surface area contributed by atoms with Crippen LogP contribution in [0.4, 0.5) is 0 Å². The SMILES string of the molecule is Cc1ncc(C(=O)Cc2cc3nc(-c4cnn(C5CCN(C)CC5)c4)ccc3cn2)s1. The van der Waals surface area contributed by atoms with Gasteiger partial charge < -0.3 is 4.90 Å². The average molecular weight is 433 g/mol. The van der Waals surface area contributed by atoms with Crippen LogP contribution in [0.3, 0.4) is 0 Å². The van der Waals surface area contributed by atoms with Gasteiger partial charge in [-0.15, -0.1) is 11.3 Å². The van der Waals surface area contributed by atoms with Crippen molar-refractivity contribution < 1.29 is 4.79 Å². The number of rotatable bonds is 5. The maximum absolute atomic E-state index is 12.5. The summed E-state index contributed by atoms with van der Waals surface area (Å²) < 4.78 is 2.09. The number of hydrogen-bond donors (Lipinski definition) is 0. The van der Waals surface area contributed by atoms with Gasteiger partial charge in [0, 0.05) is 29.5 Å². The number of aryl methyl sites for hydroxylation is 1. The third kappa shape index (κ3) is 4.26. The Morgan fingerprint density at radius 2 is 2.00 bits per heavy atom. The number of thiazole rings is 1. The number of Topliss-reactive ketones (excluding diaryl/α,β-unsaturated/α-hetero) is 1. The normalized spacial score (nSPS) is 15.5. The van der Waals surface area contributed by atoms with Crippen LogP contribution in [-0.4, -0.2) is 55.6 Å². The fraction of sp³-hybridized carbons (Fsp3) is 0.348. The second kappa shape index (κ2) is 8.28. The predicted molar refractivity (Wildman–Crippen MR) is 121 cm³/mol. The second-order valence-corrected chi connectivity index (χ2v) is 9.39. The number of carbonyl (C=O) groups is 1. The molecule has 4 aromatic heterocycles. The summed E-state index contributed by atoms with van der Waals surface area (Å²) in [6, 6.07) is 6.38. The molecule has 0 spiro atoms. The number of carbonyl (C=O) groups excluding carboxylic acids is 1. The summed E-state index contributed by atoms with van der Waals surface area (Å²) in [6.07, 6.45) is 9.90. The highest BCUT2D eigenvalue weighted by molar-refractivity contribution is 7.13. The molecule has 1 fully saturated rings. The van der Waals surface area contributed by atoms with Crippen molar-refractivity contribution in [3.63, 3.8) is 0 Å². The number of likely N-dealkylation sites (tertiary alicyclic amines) is 1. The first-order valence-corrected chi connectivity index (χ1v) is 11.3. The number of nitrogens with zero attached hydrogens (tertiary/aromatic N) is 6. The van der Waals surface area contributed by atoms with E-state index in [0.29, 0.717) is 10.9 Å². The van der Waals surface area contributed by atoms with E-state index in [4.69, 9.17) is 4.98 Å². The summed E-state index contributed by atoms with van der Waals surface area (Å²) in [5, 5.41) is 6.46. The molecule has 0 bridgehead atoms. The Bertz CT molecular complexity index is 1240. The van der Waals surface area contributed by atoms with Gasteiger partial charge in [0.15, 0.2) is 5.78 Å². The van der Waals surface area contributed by atoms with Crippen LogP contribution in [0.5, 0.6) is 0 Å². The van der Waals surface area contributed by atoms with Crippen molar-refractivity contribution in [2.24, 2.45) is 0 Å². The molecule has 1 aliphatic rings. The number of pyridine rings is 2. The van der Waals surface area contributed by atoms with Gasteiger partial charge in [-0.2, -0.15) is 5.10 Å². The standard InChI is InChI=1S/C23H24N6OS/c1-15-24-13-23(31-15)22(30)10-18-9-21-16(11-25-18)3-4-20(27-21)17-12-26-29(14-17)19-5-7-28(2)8-6-19/h3-4,9,11-14,19H,5-8,10H2,1-2H3. The van der Waals surface area contributed by atoms with E-state index in [1.165, 1.54) is 11.3 Å². The minimum absolute atomic E-state index is 0.0352. The van der Waals surface area contributed by atoms with Gasteiger partial charge in [0.05, 0.1) is 45.4 Å². The second-order valence-electron chi connectivity index (χ2n) is 8.15. The molecule has 0 atom stereocenters. The van der Waals surface area contributed by atoms with Gasteiger partial charge in [0.2, 0.25) is 0 Å². The van der Waals surface area contributed by atoms with Crippen LogP contribution in [-0.2, 0) is 6.42 Å². The fourth-order valence-corrected chi connectivity index (χ4v) is 4.70. The van der Waals surface area contributed by atoms with E-state index in [1.54, 1.807) is 12.4 Å². The van der Waals surface area contributed by atoms with Crippen LogP contribution in [0.15, 0.2) is 43.0 Å². The lowest BCUT2D eigenvalue weighted by Gasteiger charge is -2.28. The number of piperidine rings is 1. The van der Waals surface area contributed by atoms with Crippen molar-refractivity contribution >= 4 is 28.0 Å². The van der Waals surface area contributed by atoms with Crippen LogP contribution < -0.4 is 0 Å². The summed E-state index contributed by atoms with van der Waals surface area (Å²) >= 11 is 1.42. The monoisotopic (exact) mass is 432 g/mol. The largest absolute Gasteiger partial charge is 0.306 e. The molecule has 5 rings (SSSR count). The molecule has 31 heavy (non-hydrogen) atoms. The molecule has 0 radical (unpaired) electrons. The maximum Gasteiger partial charge on any atom is 0.180 e. The van der Waals surface area contributed by atoms with Crippen LogP contribution in [0.25, 0.3) is 22.2 Å². The van der Waals surface area contributed by atoms with Crippen molar-refractivity contribution in [2.45, 2.75) is 32.2 Å². The Morgan fingerprint density at radius 1 is 1.16 bits per heavy atom. The number of aromatic nitrogens is 5. The predicted octanol–water partition coefficient (Wildman–Crippen LogP) is 3.95. The van der Waals surface area contributed by atoms with Gasteiger partial charge in [-0.3, -0.25) is 14.5 Å². The van der Waals surface area contributed by atoms with Gasteiger partial charge in [0.1, 0.15) is 0 Å². The Morgan fingerprint density at radius 3 is 2.77 bits per heavy atom. The maximum atomic E-state index is 12.5. The summed E-state index contributed by atoms with van der Waals surface area (Å²) in [5.74, 6) is 0.0352. The lowest BCUT2D eigenvalue weighted by Crippen LogP contribution is -2.31. The van der Waals surface area contributed by atoms with Crippen molar-refractivity contribution in [3.05, 3.63) is 58.6 Å². The summed E-state index contributed by atoms with van der Waals surface area (Å²) in [4.78, 5) is 29.0. The molecule has 8 heteroatoms. The third-order valence-corrected chi connectivity index (χ3v) is 6.78. The lowest BCUT2D eigenvalue weighted by atomic mass is 10.1. The molecule has 0 amide bonds. The van der Waals surface area contributed by atoms with Crippen molar-refractivity contribution in [2.75, 3.05) is 20.1 Å². The molecular formula is C23H24N6OS. The zero-order valence-electron chi connectivity index (χ0n) is 17.7. The Balaban J connectivity index is 1.37. The van der Waals surface area contributed by atoms with Gasteiger partial charge >= 0.3 is 0 Å². The summed E-state index contributed by atoms with van der Waals surface area (Å²) in [5.41, 5.74) is 3.45. The molecule has 1 saturated heterocycles. The van der Waals surface area contributed by atoms with E-state index in [-0.39, 0.29) is 12.2 Å². The first kappa shape index (κ1) is 20.0. The zero-order chi connectivity index (χ0) is 21.4. The van der Waals surface area contributed by atoms with E-state index in [2.05, 4.69) is 37.9 Å². The van der Waals surface area contributed by atoms with E-state index in [0.717, 1.165) is 58.8 Å². The molecule has 0 aliphatic carbocycles. The van der Waals surface area contributed by atoms with Crippen LogP contribution in [0.2, 0.25) is 0 Å². The average Bonchev–Trinajstić information content (AvgIpc) is 3.43. The van der Waals surface area contributed by atoms with Crippen LogP contribution in [0.1, 0.15) is 39.3 Å². The Hall–Kier alpha value is -2.97. The zero-order valence-corrected chi connectivity index (χ0v) is 18.5. The van der Waals surface area contributed by atoms with Gasteiger partial charge in [-0.05, 0) is 58.1 Å². The molecule has 7 nitrogen and oxygen atoms in total. The summed E-state index contributed by atoms with van der Waals surface area (Å²) in [7, 11) is 2.17. The fourth-order valence-electron chi connectivity index (χ4n) is 3.99. The smallest absolute Gasteiger partial charge is 0.180 e. The number of ketones is 1. The molecule has 0 N–H and O–H groups in total. The van der Waals surface area contributed by atoms with E-state index >= 15 is 0 Å². The topological polar surface area (TPSA) is 76.8 Å². The highest BCUT2D eigenvalue weighted by Crippen LogP contribution is 2.26. The first-order chi connectivity index (χ1) is 15.0. The first-order valence-electron chi connectivity index (χ1n) is 10.5. The molecule has 4 aromatic rings. The number of hydrogen-bond acceptors (Lipinski definition) is 7. The Kier molecular flexibility index (Phi) is 5.33. The van der Waals surface area contributed by atoms with Crippen molar-refractivity contribution in [3.8, 4) is 11.3 Å². The van der Waals surface area contributed by atoms with E-state index in [9.17, 15) is 4.79 Å². The molecule has 158 valence electrons. The Labute approximate surface area is 184 Å². The van der Waals surface area contributed by atoms with Crippen molar-refractivity contribution in [1.82, 2.24) is 29.6 Å². The highest BCUT2D eigenvalue weighted by Gasteiger charge is 2.19.